The summed E-state index contributed by atoms with van der Waals surface area (Å²) in [6.45, 7) is 2.53. The fourth-order valence-electron chi connectivity index (χ4n) is 2.01. The van der Waals surface area contributed by atoms with E-state index in [1.54, 1.807) is 0 Å². The van der Waals surface area contributed by atoms with E-state index >= 15 is 0 Å². The number of nitrogens with one attached hydrogen (secondary N) is 1. The maximum atomic E-state index is 13.9. The van der Waals surface area contributed by atoms with Gasteiger partial charge in [0.25, 0.3) is 0 Å². The van der Waals surface area contributed by atoms with E-state index in [0.717, 1.165) is 12.5 Å². The Labute approximate surface area is 115 Å². The van der Waals surface area contributed by atoms with Gasteiger partial charge in [0.1, 0.15) is 17.5 Å². The molecular formula is C15H15F3N2. The Morgan fingerprint density at radius 1 is 1.15 bits per heavy atom. The highest BCUT2D eigenvalue weighted by Crippen LogP contribution is 2.24. The Bertz CT molecular complexity index is 567. The van der Waals surface area contributed by atoms with Crippen LogP contribution in [0.1, 0.15) is 30.6 Å². The van der Waals surface area contributed by atoms with Crippen molar-refractivity contribution < 1.29 is 13.2 Å². The van der Waals surface area contributed by atoms with Gasteiger partial charge in [-0.1, -0.05) is 6.92 Å². The lowest BCUT2D eigenvalue weighted by Gasteiger charge is -2.19. The third-order valence-electron chi connectivity index (χ3n) is 2.88. The monoisotopic (exact) mass is 280 g/mol. The standard InChI is InChI=1S/C15H15F3N2/c1-2-5-19-14(15-13(18)4-3-6-20-15)10-7-11(16)9-12(17)8-10/h3-4,6-9,14,19H,2,5H2,1H3. The zero-order valence-corrected chi connectivity index (χ0v) is 11.0. The molecule has 1 atom stereocenters. The molecule has 0 spiro atoms. The molecule has 2 rings (SSSR count). The molecule has 0 saturated heterocycles. The van der Waals surface area contributed by atoms with E-state index in [1.807, 2.05) is 6.92 Å². The molecule has 1 aromatic heterocycles. The molecule has 1 unspecified atom stereocenters. The van der Waals surface area contributed by atoms with Crippen molar-refractivity contribution in [3.05, 3.63) is 65.2 Å². The highest BCUT2D eigenvalue weighted by atomic mass is 19.1. The second-order valence-electron chi connectivity index (χ2n) is 4.46. The molecule has 0 aliphatic carbocycles. The van der Waals surface area contributed by atoms with E-state index < -0.39 is 23.5 Å². The Hall–Kier alpha value is -1.88. The second-order valence-corrected chi connectivity index (χ2v) is 4.46. The summed E-state index contributed by atoms with van der Waals surface area (Å²) in [6.07, 6.45) is 2.26. The van der Waals surface area contributed by atoms with E-state index in [-0.39, 0.29) is 5.69 Å². The van der Waals surface area contributed by atoms with Gasteiger partial charge in [-0.3, -0.25) is 4.98 Å². The van der Waals surface area contributed by atoms with Gasteiger partial charge < -0.3 is 5.32 Å². The minimum atomic E-state index is -0.695. The lowest BCUT2D eigenvalue weighted by molar-refractivity contribution is 0.521. The number of halogens is 3. The van der Waals surface area contributed by atoms with Crippen LogP contribution in [0.2, 0.25) is 0 Å². The average molecular weight is 280 g/mol. The SMILES string of the molecule is CCCNC(c1cc(F)cc(F)c1)c1ncccc1F. The highest BCUT2D eigenvalue weighted by Gasteiger charge is 2.19. The number of hydrogen-bond acceptors (Lipinski definition) is 2. The number of nitrogens with zero attached hydrogens (tertiary/aromatic N) is 1. The molecular weight excluding hydrogens is 265 g/mol. The summed E-state index contributed by atoms with van der Waals surface area (Å²) in [4.78, 5) is 3.98. The molecule has 1 N–H and O–H groups in total. The van der Waals surface area contributed by atoms with Crippen LogP contribution in [-0.4, -0.2) is 11.5 Å². The molecule has 20 heavy (non-hydrogen) atoms. The molecule has 1 aromatic carbocycles. The van der Waals surface area contributed by atoms with Gasteiger partial charge in [0.05, 0.1) is 11.7 Å². The van der Waals surface area contributed by atoms with E-state index in [9.17, 15) is 13.2 Å². The Balaban J connectivity index is 2.44. The van der Waals surface area contributed by atoms with Crippen LogP contribution in [0.3, 0.4) is 0 Å². The van der Waals surface area contributed by atoms with Crippen LogP contribution >= 0.6 is 0 Å². The fourth-order valence-corrected chi connectivity index (χ4v) is 2.01. The third kappa shape index (κ3) is 3.36. The van der Waals surface area contributed by atoms with Gasteiger partial charge in [-0.15, -0.1) is 0 Å². The normalized spacial score (nSPS) is 12.4. The number of benzene rings is 1. The van der Waals surface area contributed by atoms with Crippen LogP contribution in [0.4, 0.5) is 13.2 Å². The van der Waals surface area contributed by atoms with Gasteiger partial charge in [-0.05, 0) is 42.8 Å². The summed E-state index contributed by atoms with van der Waals surface area (Å²) >= 11 is 0. The number of aromatic nitrogens is 1. The van der Waals surface area contributed by atoms with E-state index in [4.69, 9.17) is 0 Å². The van der Waals surface area contributed by atoms with Gasteiger partial charge in [-0.25, -0.2) is 13.2 Å². The Morgan fingerprint density at radius 3 is 2.45 bits per heavy atom. The van der Waals surface area contributed by atoms with E-state index in [2.05, 4.69) is 10.3 Å². The third-order valence-corrected chi connectivity index (χ3v) is 2.88. The van der Waals surface area contributed by atoms with Crippen LogP contribution in [0.5, 0.6) is 0 Å². The molecule has 106 valence electrons. The summed E-state index contributed by atoms with van der Waals surface area (Å²) in [5.74, 6) is -1.90. The molecule has 0 amide bonds. The first-order chi connectivity index (χ1) is 9.61. The van der Waals surface area contributed by atoms with Crippen molar-refractivity contribution >= 4 is 0 Å². The first-order valence-corrected chi connectivity index (χ1v) is 6.41. The predicted molar refractivity (Wildman–Crippen MR) is 70.7 cm³/mol. The van der Waals surface area contributed by atoms with Crippen molar-refractivity contribution in [3.63, 3.8) is 0 Å². The van der Waals surface area contributed by atoms with Crippen molar-refractivity contribution in [3.8, 4) is 0 Å². The van der Waals surface area contributed by atoms with Gasteiger partial charge >= 0.3 is 0 Å². The van der Waals surface area contributed by atoms with Crippen molar-refractivity contribution in [2.45, 2.75) is 19.4 Å². The molecule has 5 heteroatoms. The van der Waals surface area contributed by atoms with Gasteiger partial charge in [0.2, 0.25) is 0 Å². The van der Waals surface area contributed by atoms with Crippen LogP contribution in [0, 0.1) is 17.5 Å². The maximum Gasteiger partial charge on any atom is 0.146 e. The van der Waals surface area contributed by atoms with Gasteiger partial charge in [0.15, 0.2) is 0 Å². The van der Waals surface area contributed by atoms with Gasteiger partial charge in [0, 0.05) is 12.3 Å². The number of hydrogen-bond donors (Lipinski definition) is 1. The number of rotatable bonds is 5. The molecule has 1 heterocycles. The summed E-state index contributed by atoms with van der Waals surface area (Å²) < 4.78 is 40.6. The predicted octanol–water partition coefficient (Wildman–Crippen LogP) is 3.59. The zero-order valence-electron chi connectivity index (χ0n) is 11.0. The summed E-state index contributed by atoms with van der Waals surface area (Å²) in [5.41, 5.74) is 0.444. The van der Waals surface area contributed by atoms with Crippen LogP contribution < -0.4 is 5.32 Å². The van der Waals surface area contributed by atoms with E-state index in [0.29, 0.717) is 12.1 Å². The van der Waals surface area contributed by atoms with Crippen LogP contribution in [0.25, 0.3) is 0 Å². The first kappa shape index (κ1) is 14.5. The topological polar surface area (TPSA) is 24.9 Å². The molecule has 0 saturated carbocycles. The molecule has 0 bridgehead atoms. The van der Waals surface area contributed by atoms with Crippen molar-refractivity contribution in [2.75, 3.05) is 6.54 Å². The molecule has 2 nitrogen and oxygen atoms in total. The van der Waals surface area contributed by atoms with Crippen molar-refractivity contribution in [1.29, 1.82) is 0 Å². The first-order valence-electron chi connectivity index (χ1n) is 6.41. The molecule has 2 aromatic rings. The van der Waals surface area contributed by atoms with E-state index in [1.165, 1.54) is 30.5 Å². The molecule has 0 radical (unpaired) electrons. The van der Waals surface area contributed by atoms with Crippen LogP contribution in [-0.2, 0) is 0 Å². The minimum absolute atomic E-state index is 0.131. The van der Waals surface area contributed by atoms with Crippen LogP contribution in [0.15, 0.2) is 36.5 Å². The Kier molecular flexibility index (Phi) is 4.74. The van der Waals surface area contributed by atoms with Gasteiger partial charge in [-0.2, -0.15) is 0 Å². The molecule has 0 aliphatic heterocycles. The second kappa shape index (κ2) is 6.52. The largest absolute Gasteiger partial charge is 0.305 e. The zero-order chi connectivity index (χ0) is 14.5. The molecule has 0 fully saturated rings. The highest BCUT2D eigenvalue weighted by molar-refractivity contribution is 5.29. The number of pyridine rings is 1. The molecule has 0 aliphatic rings. The smallest absolute Gasteiger partial charge is 0.146 e. The summed E-state index contributed by atoms with van der Waals surface area (Å²) in [7, 11) is 0. The van der Waals surface area contributed by atoms with Crippen molar-refractivity contribution in [1.82, 2.24) is 10.3 Å². The quantitative estimate of drug-likeness (QED) is 0.905. The lowest BCUT2D eigenvalue weighted by Crippen LogP contribution is -2.25. The maximum absolute atomic E-state index is 13.9. The minimum Gasteiger partial charge on any atom is -0.305 e. The summed E-state index contributed by atoms with van der Waals surface area (Å²) in [5, 5.41) is 3.06. The Morgan fingerprint density at radius 2 is 1.85 bits per heavy atom. The fraction of sp³-hybridized carbons (Fsp3) is 0.267. The lowest BCUT2D eigenvalue weighted by atomic mass is 10.0. The average Bonchev–Trinajstić information content (AvgIpc) is 2.40. The summed E-state index contributed by atoms with van der Waals surface area (Å²) in [6, 6.07) is 5.23. The van der Waals surface area contributed by atoms with Crippen molar-refractivity contribution in [2.24, 2.45) is 0 Å².